The molecule has 3 rings (SSSR count). The van der Waals surface area contributed by atoms with Crippen molar-refractivity contribution >= 4 is 31.5 Å². The van der Waals surface area contributed by atoms with E-state index < -0.39 is 14.1 Å². The first-order valence-electron chi connectivity index (χ1n) is 7.17. The summed E-state index contributed by atoms with van der Waals surface area (Å²) >= 11 is 5.74. The lowest BCUT2D eigenvalue weighted by Crippen LogP contribution is -2.12. The van der Waals surface area contributed by atoms with Crippen LogP contribution in [0, 0.1) is 5.82 Å². The Labute approximate surface area is 149 Å². The Balaban J connectivity index is 1.68. The molecule has 1 atom stereocenters. The SMILES string of the molecule is CP(Oc1cccc(Cl)c1F)n1cc(NC(=O)c2ccccn2)cn1. The first-order valence-corrected chi connectivity index (χ1v) is 9.21. The molecule has 0 fully saturated rings. The fraction of sp³-hybridized carbons (Fsp3) is 0.0625. The molecule has 6 nitrogen and oxygen atoms in total. The second-order valence-electron chi connectivity index (χ2n) is 4.93. The second kappa shape index (κ2) is 7.59. The summed E-state index contributed by atoms with van der Waals surface area (Å²) in [5, 5.41) is 6.82. The largest absolute Gasteiger partial charge is 0.448 e. The van der Waals surface area contributed by atoms with Crippen LogP contribution in [0.4, 0.5) is 10.1 Å². The molecule has 0 spiro atoms. The van der Waals surface area contributed by atoms with Crippen molar-refractivity contribution in [1.82, 2.24) is 14.5 Å². The van der Waals surface area contributed by atoms with Crippen LogP contribution >= 0.6 is 19.9 Å². The summed E-state index contributed by atoms with van der Waals surface area (Å²) in [6, 6.07) is 9.60. The van der Waals surface area contributed by atoms with Gasteiger partial charge < -0.3 is 9.84 Å². The van der Waals surface area contributed by atoms with Crippen molar-refractivity contribution in [2.75, 3.05) is 12.0 Å². The van der Waals surface area contributed by atoms with Gasteiger partial charge in [0.1, 0.15) is 5.69 Å². The Kier molecular flexibility index (Phi) is 5.26. The number of halogens is 2. The highest BCUT2D eigenvalue weighted by Gasteiger charge is 2.15. The molecule has 25 heavy (non-hydrogen) atoms. The second-order valence-corrected chi connectivity index (χ2v) is 6.85. The van der Waals surface area contributed by atoms with Gasteiger partial charge in [-0.25, -0.2) is 8.84 Å². The molecule has 0 bridgehead atoms. The minimum absolute atomic E-state index is 0.00956. The van der Waals surface area contributed by atoms with Gasteiger partial charge in [0.25, 0.3) is 5.91 Å². The van der Waals surface area contributed by atoms with E-state index in [1.807, 2.05) is 0 Å². The lowest BCUT2D eigenvalue weighted by Gasteiger charge is -2.14. The van der Waals surface area contributed by atoms with Gasteiger partial charge >= 0.3 is 0 Å². The normalized spacial score (nSPS) is 11.8. The Hall–Kier alpha value is -2.50. The van der Waals surface area contributed by atoms with Crippen molar-refractivity contribution in [1.29, 1.82) is 0 Å². The lowest BCUT2D eigenvalue weighted by atomic mass is 10.3. The van der Waals surface area contributed by atoms with Crippen molar-refractivity contribution in [2.45, 2.75) is 0 Å². The predicted molar refractivity (Wildman–Crippen MR) is 94.7 cm³/mol. The minimum atomic E-state index is -1.30. The van der Waals surface area contributed by atoms with Crippen LogP contribution in [0.25, 0.3) is 0 Å². The van der Waals surface area contributed by atoms with E-state index in [2.05, 4.69) is 15.4 Å². The molecule has 2 heterocycles. The zero-order chi connectivity index (χ0) is 17.8. The zero-order valence-electron chi connectivity index (χ0n) is 13.1. The zero-order valence-corrected chi connectivity index (χ0v) is 14.7. The van der Waals surface area contributed by atoms with Gasteiger partial charge in [0.05, 0.1) is 23.1 Å². The van der Waals surface area contributed by atoms with Gasteiger partial charge in [-0.15, -0.1) is 0 Å². The number of nitrogens with one attached hydrogen (secondary N) is 1. The highest BCUT2D eigenvalue weighted by Crippen LogP contribution is 2.38. The standard InChI is InChI=1S/C16H13ClFN4O2P/c1-25(24-14-7-4-5-12(17)15(14)18)22-10-11(9-20-22)21-16(23)13-6-2-3-8-19-13/h2-10H,1H3,(H,21,23). The van der Waals surface area contributed by atoms with Crippen molar-refractivity contribution in [2.24, 2.45) is 0 Å². The van der Waals surface area contributed by atoms with Crippen LogP contribution in [0.5, 0.6) is 5.75 Å². The van der Waals surface area contributed by atoms with Gasteiger partial charge in [-0.2, -0.15) is 5.10 Å². The summed E-state index contributed by atoms with van der Waals surface area (Å²) in [6.45, 7) is 1.76. The summed E-state index contributed by atoms with van der Waals surface area (Å²) in [4.78, 5) is 16.0. The van der Waals surface area contributed by atoms with E-state index in [0.717, 1.165) is 0 Å². The molecule has 128 valence electrons. The Morgan fingerprint density at radius 2 is 2.16 bits per heavy atom. The Morgan fingerprint density at radius 3 is 2.92 bits per heavy atom. The van der Waals surface area contributed by atoms with Crippen LogP contribution in [-0.2, 0) is 0 Å². The molecule has 3 aromatic rings. The number of benzene rings is 1. The van der Waals surface area contributed by atoms with E-state index >= 15 is 0 Å². The molecule has 1 amide bonds. The fourth-order valence-corrected chi connectivity index (χ4v) is 3.12. The van der Waals surface area contributed by atoms with Crippen LogP contribution in [0.3, 0.4) is 0 Å². The number of hydrogen-bond donors (Lipinski definition) is 1. The first kappa shape index (κ1) is 17.3. The number of carbonyl (C=O) groups is 1. The number of pyridine rings is 1. The van der Waals surface area contributed by atoms with Crippen molar-refractivity contribution in [3.63, 3.8) is 0 Å². The third-order valence-electron chi connectivity index (χ3n) is 3.16. The van der Waals surface area contributed by atoms with E-state index in [-0.39, 0.29) is 16.7 Å². The third-order valence-corrected chi connectivity index (χ3v) is 4.71. The Morgan fingerprint density at radius 1 is 1.32 bits per heavy atom. The average molecular weight is 379 g/mol. The molecule has 0 radical (unpaired) electrons. The molecule has 0 aliphatic rings. The molecule has 0 aliphatic heterocycles. The number of carbonyl (C=O) groups excluding carboxylic acids is 1. The number of amides is 1. The van der Waals surface area contributed by atoms with Gasteiger partial charge in [-0.05, 0) is 24.3 Å². The fourth-order valence-electron chi connectivity index (χ4n) is 1.96. The monoisotopic (exact) mass is 378 g/mol. The number of hydrogen-bond acceptors (Lipinski definition) is 4. The van der Waals surface area contributed by atoms with Crippen LogP contribution in [0.2, 0.25) is 5.02 Å². The van der Waals surface area contributed by atoms with E-state index in [1.165, 1.54) is 29.0 Å². The van der Waals surface area contributed by atoms with Crippen LogP contribution in [0.15, 0.2) is 55.0 Å². The summed E-state index contributed by atoms with van der Waals surface area (Å²) in [7, 11) is -1.30. The summed E-state index contributed by atoms with van der Waals surface area (Å²) in [5.41, 5.74) is 0.784. The molecule has 9 heteroatoms. The molecule has 1 N–H and O–H groups in total. The summed E-state index contributed by atoms with van der Waals surface area (Å²) in [5.74, 6) is -0.910. The smallest absolute Gasteiger partial charge is 0.274 e. The molecule has 0 saturated carbocycles. The Bertz CT molecular complexity index is 891. The maximum atomic E-state index is 13.9. The molecule has 1 unspecified atom stereocenters. The average Bonchev–Trinajstić information content (AvgIpc) is 3.08. The van der Waals surface area contributed by atoms with Gasteiger partial charge in [0.2, 0.25) is 8.30 Å². The van der Waals surface area contributed by atoms with Crippen LogP contribution in [-0.4, -0.2) is 27.1 Å². The number of aromatic nitrogens is 3. The summed E-state index contributed by atoms with van der Waals surface area (Å²) in [6.07, 6.45) is 4.63. The molecule has 0 saturated heterocycles. The van der Waals surface area contributed by atoms with Gasteiger partial charge in [-0.1, -0.05) is 23.7 Å². The first-order chi connectivity index (χ1) is 12.0. The topological polar surface area (TPSA) is 69.0 Å². The third kappa shape index (κ3) is 4.13. The molecule has 2 aromatic heterocycles. The maximum Gasteiger partial charge on any atom is 0.274 e. The van der Waals surface area contributed by atoms with E-state index in [9.17, 15) is 9.18 Å². The highest BCUT2D eigenvalue weighted by atomic mass is 35.5. The van der Waals surface area contributed by atoms with Gasteiger partial charge in [0, 0.05) is 12.9 Å². The van der Waals surface area contributed by atoms with Crippen molar-refractivity contribution < 1.29 is 13.7 Å². The van der Waals surface area contributed by atoms with E-state index in [4.69, 9.17) is 16.1 Å². The van der Waals surface area contributed by atoms with E-state index in [0.29, 0.717) is 11.4 Å². The molecular weight excluding hydrogens is 366 g/mol. The maximum absolute atomic E-state index is 13.9. The summed E-state index contributed by atoms with van der Waals surface area (Å²) < 4.78 is 21.0. The number of rotatable bonds is 5. The van der Waals surface area contributed by atoms with Crippen LogP contribution in [0.1, 0.15) is 10.5 Å². The van der Waals surface area contributed by atoms with Gasteiger partial charge in [-0.3, -0.25) is 9.78 Å². The number of nitrogens with zero attached hydrogens (tertiary/aromatic N) is 3. The minimum Gasteiger partial charge on any atom is -0.448 e. The highest BCUT2D eigenvalue weighted by molar-refractivity contribution is 7.50. The molecule has 0 aliphatic carbocycles. The quantitative estimate of drug-likeness (QED) is 0.676. The van der Waals surface area contributed by atoms with Crippen molar-refractivity contribution in [3.05, 3.63) is 71.5 Å². The molecular formula is C16H13ClFN4O2P. The van der Waals surface area contributed by atoms with Crippen LogP contribution < -0.4 is 9.84 Å². The lowest BCUT2D eigenvalue weighted by molar-refractivity contribution is 0.102. The van der Waals surface area contributed by atoms with E-state index in [1.54, 1.807) is 37.1 Å². The van der Waals surface area contributed by atoms with Crippen molar-refractivity contribution in [3.8, 4) is 5.75 Å². The predicted octanol–water partition coefficient (Wildman–Crippen LogP) is 4.19. The molecule has 1 aromatic carbocycles. The van der Waals surface area contributed by atoms with Gasteiger partial charge in [0.15, 0.2) is 11.6 Å². The number of anilines is 1.